The summed E-state index contributed by atoms with van der Waals surface area (Å²) >= 11 is 0. The zero-order valence-electron chi connectivity index (χ0n) is 18.8. The Morgan fingerprint density at radius 2 is 1.97 bits per heavy atom. The Balaban J connectivity index is 1.86. The van der Waals surface area contributed by atoms with E-state index in [2.05, 4.69) is 4.90 Å². The number of benzene rings is 2. The van der Waals surface area contributed by atoms with Crippen molar-refractivity contribution in [3.8, 4) is 5.75 Å². The van der Waals surface area contributed by atoms with Gasteiger partial charge in [-0.2, -0.15) is 0 Å². The first-order chi connectivity index (χ1) is 16.3. The van der Waals surface area contributed by atoms with E-state index in [0.29, 0.717) is 23.0 Å². The molecule has 2 unspecified atom stereocenters. The maximum atomic E-state index is 15.4. The van der Waals surface area contributed by atoms with Gasteiger partial charge in [0.2, 0.25) is 10.9 Å². The van der Waals surface area contributed by atoms with Crippen molar-refractivity contribution in [2.45, 2.75) is 26.2 Å². The van der Waals surface area contributed by atoms with Crippen LogP contribution in [-0.2, 0) is 10.9 Å². The fourth-order valence-corrected chi connectivity index (χ4v) is 5.15. The summed E-state index contributed by atoms with van der Waals surface area (Å²) < 4.78 is 60.6. The first-order valence-corrected chi connectivity index (χ1v) is 12.2. The number of fused-ring (bicyclic) bond motifs is 3. The van der Waals surface area contributed by atoms with Crippen molar-refractivity contribution in [3.05, 3.63) is 58.7 Å². The van der Waals surface area contributed by atoms with Crippen molar-refractivity contribution in [3.63, 3.8) is 0 Å². The van der Waals surface area contributed by atoms with E-state index in [-0.39, 0.29) is 28.8 Å². The number of carboxylic acid groups (broad SMARTS) is 1. The molecule has 10 heteroatoms. The monoisotopic (exact) mass is 492 g/mol. The number of hydrogen-bond donors (Lipinski definition) is 2. The summed E-state index contributed by atoms with van der Waals surface area (Å²) in [6.45, 7) is 6.40. The highest BCUT2D eigenvalue weighted by Gasteiger charge is 2.46. The van der Waals surface area contributed by atoms with Gasteiger partial charge in [0.1, 0.15) is 28.6 Å². The van der Waals surface area contributed by atoms with Crippen LogP contribution in [0.3, 0.4) is 0 Å². The number of rotatable bonds is 9. The van der Waals surface area contributed by atoms with E-state index >= 15 is 4.39 Å². The van der Waals surface area contributed by atoms with Gasteiger partial charge in [-0.1, -0.05) is 26.0 Å². The number of carboxylic acids is 1. The van der Waals surface area contributed by atoms with Crippen LogP contribution in [0.15, 0.2) is 30.3 Å². The summed E-state index contributed by atoms with van der Waals surface area (Å²) in [6.07, 6.45) is 4.06. The van der Waals surface area contributed by atoms with Crippen LogP contribution < -0.4 is 9.04 Å². The third-order valence-corrected chi connectivity index (χ3v) is 7.10. The smallest absolute Gasteiger partial charge is 0.341 e. The van der Waals surface area contributed by atoms with Gasteiger partial charge in [0.05, 0.1) is 12.3 Å². The van der Waals surface area contributed by atoms with Crippen LogP contribution in [0.4, 0.5) is 20.2 Å². The molecule has 1 aliphatic carbocycles. The zero-order valence-corrected chi connectivity index (χ0v) is 19.7. The summed E-state index contributed by atoms with van der Waals surface area (Å²) in [5.74, 6) is -2.90. The van der Waals surface area contributed by atoms with E-state index in [1.54, 1.807) is 12.2 Å². The SMILES string of the molecule is CCN(CC)CC=Cc1cc(F)ccc1N(c1c(F)cc2c(c1C(=O)O)OCC1CC21)[SH](=O)=O. The van der Waals surface area contributed by atoms with Gasteiger partial charge in [-0.3, -0.25) is 0 Å². The molecule has 2 aromatic carbocycles. The molecule has 1 heterocycles. The van der Waals surface area contributed by atoms with Crippen molar-refractivity contribution in [1.82, 2.24) is 4.90 Å². The van der Waals surface area contributed by atoms with Gasteiger partial charge in [0.25, 0.3) is 0 Å². The van der Waals surface area contributed by atoms with Crippen molar-refractivity contribution >= 4 is 34.3 Å². The average molecular weight is 493 g/mol. The molecular formula is C24H26F2N2O5S. The molecule has 0 aromatic heterocycles. The Morgan fingerprint density at radius 3 is 2.62 bits per heavy atom. The molecule has 2 atom stereocenters. The molecule has 2 aliphatic rings. The Morgan fingerprint density at radius 1 is 1.24 bits per heavy atom. The van der Waals surface area contributed by atoms with E-state index in [1.807, 2.05) is 13.8 Å². The Bertz CT molecular complexity index is 1220. The Labute approximate surface area is 198 Å². The second kappa shape index (κ2) is 9.71. The highest BCUT2D eigenvalue weighted by molar-refractivity contribution is 7.74. The molecule has 0 amide bonds. The Kier molecular flexibility index (Phi) is 6.90. The summed E-state index contributed by atoms with van der Waals surface area (Å²) in [7, 11) is -3.54. The number of aromatic carboxylic acids is 1. The van der Waals surface area contributed by atoms with Gasteiger partial charge in [-0.15, -0.1) is 0 Å². The van der Waals surface area contributed by atoms with Crippen molar-refractivity contribution in [2.75, 3.05) is 30.5 Å². The Hall–Kier alpha value is -2.98. The molecule has 1 fully saturated rings. The van der Waals surface area contributed by atoms with Gasteiger partial charge in [-0.05, 0) is 49.7 Å². The van der Waals surface area contributed by atoms with Gasteiger partial charge in [0.15, 0.2) is 0 Å². The fraction of sp³-hybridized carbons (Fsp3) is 0.375. The standard InChI is InChI=1S/C24H26F2N2O5S/c1-3-27(4-2)9-5-6-14-10-16(25)7-8-20(14)28(34(31)32)22-19(26)12-18-17-11-15(17)13-33-23(18)21(22)24(29)30/h5-8,10,12,15,17,34H,3-4,9,11,13H2,1-2H3,(H,29,30). The van der Waals surface area contributed by atoms with Crippen molar-refractivity contribution < 1.29 is 31.8 Å². The van der Waals surface area contributed by atoms with Crippen LogP contribution in [0.2, 0.25) is 0 Å². The predicted molar refractivity (Wildman–Crippen MR) is 125 cm³/mol. The van der Waals surface area contributed by atoms with E-state index in [1.165, 1.54) is 6.07 Å². The molecule has 182 valence electrons. The van der Waals surface area contributed by atoms with E-state index < -0.39 is 39.7 Å². The second-order valence-corrected chi connectivity index (χ2v) is 9.24. The number of carbonyl (C=O) groups is 1. The summed E-state index contributed by atoms with van der Waals surface area (Å²) in [5, 5.41) is 9.94. The minimum atomic E-state index is -3.54. The highest BCUT2D eigenvalue weighted by atomic mass is 32.2. The fourth-order valence-electron chi connectivity index (χ4n) is 4.43. The van der Waals surface area contributed by atoms with Crippen molar-refractivity contribution in [2.24, 2.45) is 5.92 Å². The molecule has 1 saturated carbocycles. The minimum Gasteiger partial charge on any atom is -0.492 e. The van der Waals surface area contributed by atoms with Gasteiger partial charge in [0, 0.05) is 23.6 Å². The molecule has 34 heavy (non-hydrogen) atoms. The lowest BCUT2D eigenvalue weighted by molar-refractivity contribution is 0.0691. The van der Waals surface area contributed by atoms with Crippen LogP contribution in [0.5, 0.6) is 5.75 Å². The van der Waals surface area contributed by atoms with Crippen LogP contribution in [0.25, 0.3) is 6.08 Å². The largest absolute Gasteiger partial charge is 0.492 e. The lowest BCUT2D eigenvalue weighted by Gasteiger charge is -2.26. The molecule has 0 spiro atoms. The van der Waals surface area contributed by atoms with Gasteiger partial charge in [-0.25, -0.2) is 26.3 Å². The quantitative estimate of drug-likeness (QED) is 0.511. The third-order valence-electron chi connectivity index (χ3n) is 6.36. The number of nitrogens with zero attached hydrogens (tertiary/aromatic N) is 2. The van der Waals surface area contributed by atoms with Gasteiger partial charge < -0.3 is 14.7 Å². The molecule has 4 rings (SSSR count). The molecule has 7 nitrogen and oxygen atoms in total. The molecule has 1 N–H and O–H groups in total. The second-order valence-electron chi connectivity index (χ2n) is 8.36. The van der Waals surface area contributed by atoms with E-state index in [4.69, 9.17) is 4.74 Å². The molecule has 2 aromatic rings. The van der Waals surface area contributed by atoms with Crippen LogP contribution in [-0.4, -0.2) is 50.6 Å². The molecule has 1 aliphatic heterocycles. The number of halogens is 2. The number of hydrogen-bond acceptors (Lipinski definition) is 5. The van der Waals surface area contributed by atoms with Gasteiger partial charge >= 0.3 is 5.97 Å². The predicted octanol–water partition coefficient (Wildman–Crippen LogP) is 4.18. The number of likely N-dealkylation sites (N-methyl/N-ethyl adjacent to an activating group) is 1. The first kappa shape index (κ1) is 24.2. The van der Waals surface area contributed by atoms with Crippen LogP contribution in [0, 0.1) is 17.6 Å². The number of ether oxygens (including phenoxy) is 1. The normalized spacial score (nSPS) is 18.6. The van der Waals surface area contributed by atoms with Crippen LogP contribution >= 0.6 is 0 Å². The topological polar surface area (TPSA) is 87.2 Å². The highest BCUT2D eigenvalue weighted by Crippen LogP contribution is 2.56. The number of anilines is 2. The lowest BCUT2D eigenvalue weighted by Crippen LogP contribution is -2.23. The van der Waals surface area contributed by atoms with Crippen molar-refractivity contribution in [1.29, 1.82) is 0 Å². The summed E-state index contributed by atoms with van der Waals surface area (Å²) in [6, 6.07) is 4.53. The number of thiol groups is 1. The third kappa shape index (κ3) is 4.52. The summed E-state index contributed by atoms with van der Waals surface area (Å²) in [5.41, 5.74) is -0.652. The molecule has 0 radical (unpaired) electrons. The maximum Gasteiger partial charge on any atom is 0.341 e. The first-order valence-electron chi connectivity index (χ1n) is 11.1. The molecule has 0 bridgehead atoms. The lowest BCUT2D eigenvalue weighted by atomic mass is 9.99. The molecular weight excluding hydrogens is 466 g/mol. The van der Waals surface area contributed by atoms with E-state index in [9.17, 15) is 22.7 Å². The minimum absolute atomic E-state index is 0.00394. The molecule has 0 saturated heterocycles. The van der Waals surface area contributed by atoms with E-state index in [0.717, 1.165) is 37.7 Å². The maximum absolute atomic E-state index is 15.4. The van der Waals surface area contributed by atoms with Crippen LogP contribution in [0.1, 0.15) is 47.7 Å². The zero-order chi connectivity index (χ0) is 24.6. The summed E-state index contributed by atoms with van der Waals surface area (Å²) in [4.78, 5) is 14.3. The average Bonchev–Trinajstić information content (AvgIpc) is 3.58.